The van der Waals surface area contributed by atoms with Gasteiger partial charge in [0.2, 0.25) is 0 Å². The summed E-state index contributed by atoms with van der Waals surface area (Å²) in [5.74, 6) is 0.0856. The quantitative estimate of drug-likeness (QED) is 0.755. The highest BCUT2D eigenvalue weighted by Crippen LogP contribution is 2.37. The summed E-state index contributed by atoms with van der Waals surface area (Å²) in [6.45, 7) is 6.83. The normalized spacial score (nSPS) is 11.9. The third kappa shape index (κ3) is 1.86. The van der Waals surface area contributed by atoms with E-state index in [1.807, 2.05) is 6.92 Å². The third-order valence-corrected chi connectivity index (χ3v) is 2.69. The molecule has 1 aromatic rings. The Morgan fingerprint density at radius 1 is 1.29 bits per heavy atom. The Kier molecular flexibility index (Phi) is 2.79. The lowest BCUT2D eigenvalue weighted by Crippen LogP contribution is -2.17. The zero-order valence-corrected chi connectivity index (χ0v) is 9.61. The summed E-state index contributed by atoms with van der Waals surface area (Å²) in [6.07, 6.45) is 0. The molecule has 0 spiro atoms. The van der Waals surface area contributed by atoms with Crippen LogP contribution in [0, 0.1) is 13.8 Å². The van der Waals surface area contributed by atoms with Crippen LogP contribution >= 0.6 is 11.6 Å². The van der Waals surface area contributed by atoms with Crippen molar-refractivity contribution in [1.82, 2.24) is 0 Å². The monoisotopic (exact) mass is 214 g/mol. The van der Waals surface area contributed by atoms with E-state index in [4.69, 9.17) is 11.6 Å². The van der Waals surface area contributed by atoms with Crippen molar-refractivity contribution in [3.8, 4) is 5.75 Å². The number of benzene rings is 1. The van der Waals surface area contributed by atoms with E-state index in [9.17, 15) is 10.2 Å². The van der Waals surface area contributed by atoms with Crippen molar-refractivity contribution < 1.29 is 10.2 Å². The number of hydrogen-bond donors (Lipinski definition) is 2. The Hall–Kier alpha value is -0.730. The van der Waals surface area contributed by atoms with Crippen LogP contribution in [-0.2, 0) is 5.60 Å². The van der Waals surface area contributed by atoms with Crippen LogP contribution in [0.2, 0.25) is 5.02 Å². The number of aryl methyl sites for hydroxylation is 1. The van der Waals surface area contributed by atoms with Crippen molar-refractivity contribution in [2.45, 2.75) is 33.3 Å². The van der Waals surface area contributed by atoms with E-state index in [0.717, 1.165) is 5.56 Å². The molecule has 14 heavy (non-hydrogen) atoms. The van der Waals surface area contributed by atoms with Gasteiger partial charge in [-0.2, -0.15) is 0 Å². The van der Waals surface area contributed by atoms with Crippen LogP contribution < -0.4 is 0 Å². The molecule has 0 bridgehead atoms. The van der Waals surface area contributed by atoms with Gasteiger partial charge >= 0.3 is 0 Å². The molecule has 0 amide bonds. The predicted octanol–water partition coefficient (Wildman–Crippen LogP) is 2.89. The maximum absolute atomic E-state index is 9.86. The fraction of sp³-hybridized carbons (Fsp3) is 0.455. The molecule has 0 unspecified atom stereocenters. The van der Waals surface area contributed by atoms with Gasteiger partial charge in [0.1, 0.15) is 5.75 Å². The second kappa shape index (κ2) is 3.44. The average molecular weight is 215 g/mol. The second-order valence-corrected chi connectivity index (χ2v) is 4.49. The van der Waals surface area contributed by atoms with E-state index in [1.165, 1.54) is 0 Å². The molecule has 3 heteroatoms. The number of phenols is 1. The number of phenolic OH excluding ortho intramolecular Hbond substituents is 1. The van der Waals surface area contributed by atoms with Crippen LogP contribution in [0.1, 0.15) is 30.5 Å². The van der Waals surface area contributed by atoms with E-state index < -0.39 is 5.60 Å². The Balaban J connectivity index is 3.53. The smallest absolute Gasteiger partial charge is 0.126 e. The molecule has 0 heterocycles. The van der Waals surface area contributed by atoms with Crippen molar-refractivity contribution in [2.75, 3.05) is 0 Å². The maximum Gasteiger partial charge on any atom is 0.126 e. The molecule has 1 rings (SSSR count). The van der Waals surface area contributed by atoms with Gasteiger partial charge in [-0.1, -0.05) is 11.6 Å². The second-order valence-electron chi connectivity index (χ2n) is 4.08. The summed E-state index contributed by atoms with van der Waals surface area (Å²) < 4.78 is 0. The van der Waals surface area contributed by atoms with Crippen LogP contribution in [-0.4, -0.2) is 10.2 Å². The van der Waals surface area contributed by atoms with Crippen molar-refractivity contribution in [1.29, 1.82) is 0 Å². The summed E-state index contributed by atoms with van der Waals surface area (Å²) in [6, 6.07) is 1.75. The molecular formula is C11H15ClO2. The van der Waals surface area contributed by atoms with Crippen molar-refractivity contribution >= 4 is 11.6 Å². The largest absolute Gasteiger partial charge is 0.507 e. The lowest BCUT2D eigenvalue weighted by Gasteiger charge is -2.23. The fourth-order valence-electron chi connectivity index (χ4n) is 1.63. The fourth-order valence-corrected chi connectivity index (χ4v) is 1.88. The summed E-state index contributed by atoms with van der Waals surface area (Å²) in [4.78, 5) is 0. The molecule has 0 aliphatic rings. The van der Waals surface area contributed by atoms with E-state index in [-0.39, 0.29) is 5.75 Å². The van der Waals surface area contributed by atoms with Gasteiger partial charge < -0.3 is 10.2 Å². The lowest BCUT2D eigenvalue weighted by molar-refractivity contribution is 0.0750. The van der Waals surface area contributed by atoms with E-state index in [0.29, 0.717) is 16.1 Å². The summed E-state index contributed by atoms with van der Waals surface area (Å²) in [5, 5.41) is 20.2. The maximum atomic E-state index is 9.86. The van der Waals surface area contributed by atoms with Gasteiger partial charge in [-0.25, -0.2) is 0 Å². The molecule has 0 radical (unpaired) electrons. The molecule has 0 saturated heterocycles. The molecule has 0 aliphatic heterocycles. The lowest BCUT2D eigenvalue weighted by atomic mass is 9.91. The van der Waals surface area contributed by atoms with Gasteiger partial charge in [0.25, 0.3) is 0 Å². The Morgan fingerprint density at radius 2 is 1.79 bits per heavy atom. The van der Waals surface area contributed by atoms with Crippen molar-refractivity contribution in [3.05, 3.63) is 27.8 Å². The summed E-state index contributed by atoms with van der Waals surface area (Å²) in [5.41, 5.74) is 0.892. The van der Waals surface area contributed by atoms with E-state index in [1.54, 1.807) is 26.8 Å². The van der Waals surface area contributed by atoms with Crippen LogP contribution in [0.4, 0.5) is 0 Å². The molecule has 0 aliphatic carbocycles. The molecule has 2 N–H and O–H groups in total. The topological polar surface area (TPSA) is 40.5 Å². The van der Waals surface area contributed by atoms with Crippen LogP contribution in [0.5, 0.6) is 5.75 Å². The van der Waals surface area contributed by atoms with Gasteiger partial charge in [-0.3, -0.25) is 0 Å². The molecule has 0 aromatic heterocycles. The molecule has 2 nitrogen and oxygen atoms in total. The Labute approximate surface area is 89.1 Å². The first kappa shape index (κ1) is 11.3. The average Bonchev–Trinajstić information content (AvgIpc) is 1.97. The van der Waals surface area contributed by atoms with Gasteiger partial charge in [-0.05, 0) is 39.3 Å². The Morgan fingerprint density at radius 3 is 2.21 bits per heavy atom. The predicted molar refractivity (Wildman–Crippen MR) is 57.8 cm³/mol. The molecule has 0 saturated carbocycles. The van der Waals surface area contributed by atoms with Crippen molar-refractivity contribution in [3.63, 3.8) is 0 Å². The first-order valence-corrected chi connectivity index (χ1v) is 4.84. The number of aliphatic hydroxyl groups is 1. The number of aromatic hydroxyl groups is 1. The SMILES string of the molecule is Cc1cc(Cl)c(C)c(O)c1C(C)(C)O. The zero-order valence-electron chi connectivity index (χ0n) is 8.85. The highest BCUT2D eigenvalue weighted by Gasteiger charge is 2.24. The van der Waals surface area contributed by atoms with Gasteiger partial charge in [-0.15, -0.1) is 0 Å². The van der Waals surface area contributed by atoms with E-state index >= 15 is 0 Å². The van der Waals surface area contributed by atoms with Gasteiger partial charge in [0.05, 0.1) is 5.60 Å². The molecule has 78 valence electrons. The first-order chi connectivity index (χ1) is 6.25. The number of halogens is 1. The van der Waals surface area contributed by atoms with E-state index in [2.05, 4.69) is 0 Å². The van der Waals surface area contributed by atoms with Gasteiger partial charge in [0.15, 0.2) is 0 Å². The number of hydrogen-bond acceptors (Lipinski definition) is 2. The van der Waals surface area contributed by atoms with Gasteiger partial charge in [0, 0.05) is 16.1 Å². The highest BCUT2D eigenvalue weighted by molar-refractivity contribution is 6.31. The number of rotatable bonds is 1. The highest BCUT2D eigenvalue weighted by atomic mass is 35.5. The zero-order chi connectivity index (χ0) is 11.1. The molecule has 0 atom stereocenters. The first-order valence-electron chi connectivity index (χ1n) is 4.46. The minimum atomic E-state index is -1.05. The third-order valence-electron chi connectivity index (χ3n) is 2.30. The standard InChI is InChI=1S/C11H15ClO2/c1-6-5-8(12)7(2)10(13)9(6)11(3,4)14/h5,13-14H,1-4H3. The Bertz CT molecular complexity index is 365. The molecular weight excluding hydrogens is 200 g/mol. The van der Waals surface area contributed by atoms with Crippen molar-refractivity contribution in [2.24, 2.45) is 0 Å². The summed E-state index contributed by atoms with van der Waals surface area (Å²) >= 11 is 5.90. The minimum Gasteiger partial charge on any atom is -0.507 e. The summed E-state index contributed by atoms with van der Waals surface area (Å²) in [7, 11) is 0. The molecule has 1 aromatic carbocycles. The van der Waals surface area contributed by atoms with Crippen LogP contribution in [0.3, 0.4) is 0 Å². The van der Waals surface area contributed by atoms with Crippen LogP contribution in [0.15, 0.2) is 6.07 Å². The minimum absolute atomic E-state index is 0.0856. The molecule has 0 fully saturated rings. The van der Waals surface area contributed by atoms with Crippen LogP contribution in [0.25, 0.3) is 0 Å².